The van der Waals surface area contributed by atoms with E-state index in [2.05, 4.69) is 9.46 Å². The molecule has 19 heavy (non-hydrogen) atoms. The molecule has 6 nitrogen and oxygen atoms in total. The van der Waals surface area contributed by atoms with Gasteiger partial charge in [-0.05, 0) is 38.1 Å². The first-order chi connectivity index (χ1) is 8.72. The first-order valence-electron chi connectivity index (χ1n) is 5.55. The second kappa shape index (κ2) is 5.68. The van der Waals surface area contributed by atoms with Gasteiger partial charge in [-0.2, -0.15) is 0 Å². The zero-order valence-electron chi connectivity index (χ0n) is 11.0. The third-order valence-corrected chi connectivity index (χ3v) is 4.11. The molecule has 1 rings (SSSR count). The maximum Gasteiger partial charge on any atom is 0.337 e. The number of carbonyl (C=O) groups is 1. The Kier molecular flexibility index (Phi) is 4.67. The Bertz CT molecular complexity index is 548. The molecule has 0 heterocycles. The lowest BCUT2D eigenvalue weighted by molar-refractivity contribution is 0.0600. The summed E-state index contributed by atoms with van der Waals surface area (Å²) in [7, 11) is -2.49. The molecule has 0 bridgehead atoms. The molecule has 2 N–H and O–H groups in total. The van der Waals surface area contributed by atoms with E-state index < -0.39 is 21.5 Å². The summed E-state index contributed by atoms with van der Waals surface area (Å²) in [5.41, 5.74) is -0.692. The Morgan fingerprint density at radius 1 is 1.32 bits per heavy atom. The molecule has 0 aliphatic carbocycles. The molecule has 0 saturated carbocycles. The summed E-state index contributed by atoms with van der Waals surface area (Å²) in [6.45, 7) is 2.80. The standard InChI is InChI=1S/C12H17NO5S/c1-12(2,8-14)13-19(16,17)10-6-4-9(5-7-10)11(15)18-3/h4-7,13-14H,8H2,1-3H3. The lowest BCUT2D eigenvalue weighted by Gasteiger charge is -2.23. The number of rotatable bonds is 5. The molecular weight excluding hydrogens is 270 g/mol. The molecule has 0 spiro atoms. The highest BCUT2D eigenvalue weighted by molar-refractivity contribution is 7.89. The molecule has 106 valence electrons. The van der Waals surface area contributed by atoms with Crippen LogP contribution in [0.4, 0.5) is 0 Å². The van der Waals surface area contributed by atoms with Gasteiger partial charge < -0.3 is 9.84 Å². The molecule has 0 unspecified atom stereocenters. The monoisotopic (exact) mass is 287 g/mol. The maximum atomic E-state index is 12.0. The number of nitrogens with one attached hydrogen (secondary N) is 1. The number of sulfonamides is 1. The number of benzene rings is 1. The van der Waals surface area contributed by atoms with E-state index in [1.807, 2.05) is 0 Å². The second-order valence-electron chi connectivity index (χ2n) is 4.66. The van der Waals surface area contributed by atoms with Gasteiger partial charge in [0.1, 0.15) is 0 Å². The van der Waals surface area contributed by atoms with Gasteiger partial charge in [-0.15, -0.1) is 0 Å². The Morgan fingerprint density at radius 2 is 1.84 bits per heavy atom. The zero-order chi connectivity index (χ0) is 14.7. The Labute approximate surface area is 112 Å². The van der Waals surface area contributed by atoms with Crippen molar-refractivity contribution in [1.82, 2.24) is 4.72 Å². The minimum absolute atomic E-state index is 0.0154. The fourth-order valence-corrected chi connectivity index (χ4v) is 2.75. The van der Waals surface area contributed by atoms with Crippen LogP contribution >= 0.6 is 0 Å². The number of aliphatic hydroxyl groups is 1. The fourth-order valence-electron chi connectivity index (χ4n) is 1.34. The average Bonchev–Trinajstić information content (AvgIpc) is 2.37. The molecule has 0 aliphatic heterocycles. The molecule has 0 atom stereocenters. The van der Waals surface area contributed by atoms with Gasteiger partial charge in [0.05, 0.1) is 29.7 Å². The summed E-state index contributed by atoms with van der Waals surface area (Å²) >= 11 is 0. The smallest absolute Gasteiger partial charge is 0.337 e. The molecule has 0 aliphatic rings. The van der Waals surface area contributed by atoms with Crippen LogP contribution in [0, 0.1) is 0 Å². The van der Waals surface area contributed by atoms with E-state index in [0.29, 0.717) is 0 Å². The topological polar surface area (TPSA) is 92.7 Å². The van der Waals surface area contributed by atoms with Crippen LogP contribution < -0.4 is 4.72 Å². The van der Waals surface area contributed by atoms with E-state index in [9.17, 15) is 13.2 Å². The summed E-state index contributed by atoms with van der Waals surface area (Å²) in [4.78, 5) is 11.2. The Morgan fingerprint density at radius 3 is 2.26 bits per heavy atom. The number of esters is 1. The number of aliphatic hydroxyl groups excluding tert-OH is 1. The Balaban J connectivity index is 3.01. The molecule has 0 radical (unpaired) electrons. The first kappa shape index (κ1) is 15.6. The molecule has 0 saturated heterocycles. The van der Waals surface area contributed by atoms with Crippen molar-refractivity contribution in [2.75, 3.05) is 13.7 Å². The molecule has 7 heteroatoms. The Hall–Kier alpha value is -1.44. The van der Waals surface area contributed by atoms with Gasteiger partial charge in [0.25, 0.3) is 0 Å². The highest BCUT2D eigenvalue weighted by Crippen LogP contribution is 2.14. The van der Waals surface area contributed by atoms with Crippen molar-refractivity contribution in [2.45, 2.75) is 24.3 Å². The third-order valence-electron chi connectivity index (χ3n) is 2.39. The van der Waals surface area contributed by atoms with Crippen LogP contribution in [0.25, 0.3) is 0 Å². The summed E-state index contributed by atoms with van der Waals surface area (Å²) in [5, 5.41) is 9.06. The summed E-state index contributed by atoms with van der Waals surface area (Å²) in [5.74, 6) is -0.535. The molecule has 1 aromatic rings. The molecule has 0 amide bonds. The van der Waals surface area contributed by atoms with E-state index in [0.717, 1.165) is 0 Å². The van der Waals surface area contributed by atoms with E-state index in [-0.39, 0.29) is 17.1 Å². The largest absolute Gasteiger partial charge is 0.465 e. The highest BCUT2D eigenvalue weighted by atomic mass is 32.2. The van der Waals surface area contributed by atoms with E-state index in [4.69, 9.17) is 5.11 Å². The van der Waals surface area contributed by atoms with E-state index in [1.54, 1.807) is 13.8 Å². The number of hydrogen-bond acceptors (Lipinski definition) is 5. The van der Waals surface area contributed by atoms with Crippen LogP contribution in [0.5, 0.6) is 0 Å². The normalized spacial score (nSPS) is 12.2. The predicted octanol–water partition coefficient (Wildman–Crippen LogP) is 0.522. The summed E-state index contributed by atoms with van der Waals surface area (Å²) in [6.07, 6.45) is 0. The minimum atomic E-state index is -3.74. The van der Waals surface area contributed by atoms with Gasteiger partial charge in [0.2, 0.25) is 10.0 Å². The van der Waals surface area contributed by atoms with Crippen molar-refractivity contribution in [1.29, 1.82) is 0 Å². The van der Waals surface area contributed by atoms with Crippen LogP contribution in [-0.4, -0.2) is 38.7 Å². The zero-order valence-corrected chi connectivity index (χ0v) is 11.8. The van der Waals surface area contributed by atoms with Gasteiger partial charge in [0, 0.05) is 0 Å². The van der Waals surface area contributed by atoms with Crippen LogP contribution in [0.3, 0.4) is 0 Å². The molecular formula is C12H17NO5S. The number of carbonyl (C=O) groups excluding carboxylic acids is 1. The second-order valence-corrected chi connectivity index (χ2v) is 6.35. The van der Waals surface area contributed by atoms with E-state index in [1.165, 1.54) is 31.4 Å². The van der Waals surface area contributed by atoms with Crippen molar-refractivity contribution in [3.8, 4) is 0 Å². The van der Waals surface area contributed by atoms with Crippen molar-refractivity contribution >= 4 is 16.0 Å². The molecule has 0 fully saturated rings. The fraction of sp³-hybridized carbons (Fsp3) is 0.417. The van der Waals surface area contributed by atoms with Crippen molar-refractivity contribution in [3.05, 3.63) is 29.8 Å². The third kappa shape index (κ3) is 4.02. The van der Waals surface area contributed by atoms with Crippen LogP contribution in [-0.2, 0) is 14.8 Å². The van der Waals surface area contributed by atoms with E-state index >= 15 is 0 Å². The van der Waals surface area contributed by atoms with Crippen LogP contribution in [0.1, 0.15) is 24.2 Å². The number of ether oxygens (including phenoxy) is 1. The lowest BCUT2D eigenvalue weighted by Crippen LogP contribution is -2.46. The van der Waals surface area contributed by atoms with Gasteiger partial charge in [-0.3, -0.25) is 0 Å². The maximum absolute atomic E-state index is 12.0. The molecule has 1 aromatic carbocycles. The van der Waals surface area contributed by atoms with Gasteiger partial charge >= 0.3 is 5.97 Å². The SMILES string of the molecule is COC(=O)c1ccc(S(=O)(=O)NC(C)(C)CO)cc1. The van der Waals surface area contributed by atoms with Crippen LogP contribution in [0.2, 0.25) is 0 Å². The first-order valence-corrected chi connectivity index (χ1v) is 7.03. The van der Waals surface area contributed by atoms with Gasteiger partial charge in [0.15, 0.2) is 0 Å². The quantitative estimate of drug-likeness (QED) is 0.770. The number of hydrogen-bond donors (Lipinski definition) is 2. The average molecular weight is 287 g/mol. The highest BCUT2D eigenvalue weighted by Gasteiger charge is 2.25. The van der Waals surface area contributed by atoms with Gasteiger partial charge in [-0.25, -0.2) is 17.9 Å². The van der Waals surface area contributed by atoms with Crippen molar-refractivity contribution in [2.24, 2.45) is 0 Å². The summed E-state index contributed by atoms with van der Waals surface area (Å²) in [6, 6.07) is 5.35. The van der Waals surface area contributed by atoms with Crippen molar-refractivity contribution in [3.63, 3.8) is 0 Å². The number of methoxy groups -OCH3 is 1. The van der Waals surface area contributed by atoms with Gasteiger partial charge in [-0.1, -0.05) is 0 Å². The van der Waals surface area contributed by atoms with Crippen molar-refractivity contribution < 1.29 is 23.1 Å². The lowest BCUT2D eigenvalue weighted by atomic mass is 10.1. The molecule has 0 aromatic heterocycles. The minimum Gasteiger partial charge on any atom is -0.465 e. The predicted molar refractivity (Wildman–Crippen MR) is 69.3 cm³/mol. The summed E-state index contributed by atoms with van der Waals surface area (Å²) < 4.78 is 30.9. The van der Waals surface area contributed by atoms with Crippen LogP contribution in [0.15, 0.2) is 29.2 Å².